The van der Waals surface area contributed by atoms with Gasteiger partial charge in [-0.3, -0.25) is 0 Å². The molecule has 0 saturated heterocycles. The minimum atomic E-state index is 0.565. The van der Waals surface area contributed by atoms with E-state index in [0.29, 0.717) is 12.6 Å². The Morgan fingerprint density at radius 3 is 2.94 bits per heavy atom. The van der Waals surface area contributed by atoms with Crippen molar-refractivity contribution in [2.45, 2.75) is 32.4 Å². The lowest BCUT2D eigenvalue weighted by atomic mass is 10.1. The number of hydrogen-bond donors (Lipinski definition) is 1. The monoisotopic (exact) mass is 231 g/mol. The molecule has 1 saturated carbocycles. The van der Waals surface area contributed by atoms with Gasteiger partial charge in [0.2, 0.25) is 0 Å². The van der Waals surface area contributed by atoms with E-state index in [1.165, 1.54) is 18.4 Å². The van der Waals surface area contributed by atoms with Crippen LogP contribution in [0.3, 0.4) is 0 Å². The van der Waals surface area contributed by atoms with E-state index < -0.39 is 0 Å². The van der Waals surface area contributed by atoms with Gasteiger partial charge in [0.15, 0.2) is 0 Å². The van der Waals surface area contributed by atoms with Gasteiger partial charge in [0.25, 0.3) is 0 Å². The number of hydrogen-bond acceptors (Lipinski definition) is 2. The van der Waals surface area contributed by atoms with Crippen molar-refractivity contribution >= 4 is 0 Å². The minimum Gasteiger partial charge on any atom is -0.489 e. The van der Waals surface area contributed by atoms with Crippen LogP contribution in [0, 0.1) is 5.92 Å². The van der Waals surface area contributed by atoms with Crippen molar-refractivity contribution < 1.29 is 4.74 Å². The maximum Gasteiger partial charge on any atom is 0.124 e. The van der Waals surface area contributed by atoms with Gasteiger partial charge in [0.1, 0.15) is 12.4 Å². The Hall–Kier alpha value is -1.28. The molecule has 1 aromatic carbocycles. The van der Waals surface area contributed by atoms with Crippen LogP contribution in [0.1, 0.15) is 25.3 Å². The van der Waals surface area contributed by atoms with Gasteiger partial charge in [0, 0.05) is 18.2 Å². The molecule has 0 bridgehead atoms. The van der Waals surface area contributed by atoms with Crippen LogP contribution >= 0.6 is 0 Å². The van der Waals surface area contributed by atoms with Gasteiger partial charge in [-0.2, -0.15) is 0 Å². The molecule has 2 rings (SSSR count). The van der Waals surface area contributed by atoms with E-state index >= 15 is 0 Å². The van der Waals surface area contributed by atoms with Crippen LogP contribution < -0.4 is 10.1 Å². The Balaban J connectivity index is 1.91. The molecule has 0 amide bonds. The SMILES string of the molecule is C=CCOc1ccccc1CNC(C)C1CC1. The lowest BCUT2D eigenvalue weighted by molar-refractivity contribution is 0.356. The summed E-state index contributed by atoms with van der Waals surface area (Å²) >= 11 is 0. The van der Waals surface area contributed by atoms with Gasteiger partial charge < -0.3 is 10.1 Å². The van der Waals surface area contributed by atoms with Crippen LogP contribution in [-0.4, -0.2) is 12.6 Å². The smallest absolute Gasteiger partial charge is 0.124 e. The summed E-state index contributed by atoms with van der Waals surface area (Å²) in [6.45, 7) is 7.38. The minimum absolute atomic E-state index is 0.565. The highest BCUT2D eigenvalue weighted by Gasteiger charge is 2.27. The van der Waals surface area contributed by atoms with Crippen LogP contribution in [-0.2, 0) is 6.54 Å². The van der Waals surface area contributed by atoms with Crippen molar-refractivity contribution in [2.75, 3.05) is 6.61 Å². The van der Waals surface area contributed by atoms with Gasteiger partial charge in [-0.25, -0.2) is 0 Å². The number of rotatable bonds is 7. The summed E-state index contributed by atoms with van der Waals surface area (Å²) in [6.07, 6.45) is 4.53. The molecule has 92 valence electrons. The summed E-state index contributed by atoms with van der Waals surface area (Å²) in [5.74, 6) is 1.85. The molecule has 17 heavy (non-hydrogen) atoms. The first-order chi connectivity index (χ1) is 8.31. The second-order valence-electron chi connectivity index (χ2n) is 4.71. The Morgan fingerprint density at radius 1 is 1.47 bits per heavy atom. The molecule has 2 nitrogen and oxygen atoms in total. The molecular weight excluding hydrogens is 210 g/mol. The van der Waals surface area contributed by atoms with Crippen molar-refractivity contribution in [3.63, 3.8) is 0 Å². The van der Waals surface area contributed by atoms with Crippen molar-refractivity contribution in [2.24, 2.45) is 5.92 Å². The standard InChI is InChI=1S/C15H21NO/c1-3-10-17-15-7-5-4-6-14(15)11-16-12(2)13-8-9-13/h3-7,12-13,16H,1,8-11H2,2H3. The average molecular weight is 231 g/mol. The predicted octanol–water partition coefficient (Wildman–Crippen LogP) is 3.14. The molecule has 0 spiro atoms. The van der Waals surface area contributed by atoms with E-state index in [0.717, 1.165) is 18.2 Å². The average Bonchev–Trinajstić information content (AvgIpc) is 3.18. The molecule has 2 heteroatoms. The Kier molecular flexibility index (Phi) is 4.21. The zero-order chi connectivity index (χ0) is 12.1. The molecule has 1 N–H and O–H groups in total. The molecule has 0 aromatic heterocycles. The molecule has 1 unspecified atom stereocenters. The second-order valence-corrected chi connectivity index (χ2v) is 4.71. The van der Waals surface area contributed by atoms with Crippen molar-refractivity contribution in [1.29, 1.82) is 0 Å². The molecule has 0 radical (unpaired) electrons. The van der Waals surface area contributed by atoms with Crippen molar-refractivity contribution in [1.82, 2.24) is 5.32 Å². The van der Waals surface area contributed by atoms with Crippen LogP contribution in [0.5, 0.6) is 5.75 Å². The van der Waals surface area contributed by atoms with Crippen molar-refractivity contribution in [3.8, 4) is 5.75 Å². The van der Waals surface area contributed by atoms with Gasteiger partial charge >= 0.3 is 0 Å². The zero-order valence-electron chi connectivity index (χ0n) is 10.5. The fourth-order valence-corrected chi connectivity index (χ4v) is 1.97. The van der Waals surface area contributed by atoms with Gasteiger partial charge in [0.05, 0.1) is 0 Å². The molecular formula is C15H21NO. The highest BCUT2D eigenvalue weighted by atomic mass is 16.5. The number of ether oxygens (including phenoxy) is 1. The summed E-state index contributed by atoms with van der Waals surface area (Å²) in [7, 11) is 0. The fourth-order valence-electron chi connectivity index (χ4n) is 1.97. The summed E-state index contributed by atoms with van der Waals surface area (Å²) in [6, 6.07) is 8.81. The third kappa shape index (κ3) is 3.60. The van der Waals surface area contributed by atoms with E-state index in [1.54, 1.807) is 6.08 Å². The van der Waals surface area contributed by atoms with Gasteiger partial charge in [-0.1, -0.05) is 30.9 Å². The maximum absolute atomic E-state index is 5.64. The first kappa shape index (κ1) is 12.2. The number of benzene rings is 1. The Labute approximate surface area is 104 Å². The fraction of sp³-hybridized carbons (Fsp3) is 0.467. The zero-order valence-corrected chi connectivity index (χ0v) is 10.5. The van der Waals surface area contributed by atoms with E-state index in [-0.39, 0.29) is 0 Å². The normalized spacial score (nSPS) is 16.5. The third-order valence-corrected chi connectivity index (χ3v) is 3.27. The van der Waals surface area contributed by atoms with E-state index in [9.17, 15) is 0 Å². The molecule has 1 fully saturated rings. The molecule has 0 aliphatic heterocycles. The van der Waals surface area contributed by atoms with Crippen LogP contribution in [0.15, 0.2) is 36.9 Å². The van der Waals surface area contributed by atoms with Crippen molar-refractivity contribution in [3.05, 3.63) is 42.5 Å². The lowest BCUT2D eigenvalue weighted by Crippen LogP contribution is -2.27. The Bertz CT molecular complexity index is 371. The lowest BCUT2D eigenvalue weighted by Gasteiger charge is -2.15. The molecule has 0 heterocycles. The summed E-state index contributed by atoms with van der Waals surface area (Å²) in [4.78, 5) is 0. The van der Waals surface area contributed by atoms with E-state index in [1.807, 2.05) is 12.1 Å². The largest absolute Gasteiger partial charge is 0.489 e. The first-order valence-electron chi connectivity index (χ1n) is 6.36. The van der Waals surface area contributed by atoms with Crippen LogP contribution in [0.25, 0.3) is 0 Å². The summed E-state index contributed by atoms with van der Waals surface area (Å²) in [5.41, 5.74) is 1.22. The maximum atomic E-state index is 5.64. The van der Waals surface area contributed by atoms with E-state index in [4.69, 9.17) is 4.74 Å². The van der Waals surface area contributed by atoms with Crippen LogP contribution in [0.2, 0.25) is 0 Å². The molecule has 1 atom stereocenters. The van der Waals surface area contributed by atoms with Gasteiger partial charge in [-0.05, 0) is 31.7 Å². The predicted molar refractivity (Wildman–Crippen MR) is 71.2 cm³/mol. The second kappa shape index (κ2) is 5.87. The number of nitrogens with one attached hydrogen (secondary N) is 1. The third-order valence-electron chi connectivity index (χ3n) is 3.27. The van der Waals surface area contributed by atoms with Gasteiger partial charge in [-0.15, -0.1) is 0 Å². The highest BCUT2D eigenvalue weighted by molar-refractivity contribution is 5.33. The Morgan fingerprint density at radius 2 is 2.24 bits per heavy atom. The first-order valence-corrected chi connectivity index (χ1v) is 6.36. The topological polar surface area (TPSA) is 21.3 Å². The summed E-state index contributed by atoms with van der Waals surface area (Å²) in [5, 5.41) is 3.57. The van der Waals surface area contributed by atoms with E-state index in [2.05, 4.69) is 31.0 Å². The quantitative estimate of drug-likeness (QED) is 0.728. The summed E-state index contributed by atoms with van der Waals surface area (Å²) < 4.78 is 5.64. The molecule has 1 aliphatic rings. The molecule has 1 aliphatic carbocycles. The highest BCUT2D eigenvalue weighted by Crippen LogP contribution is 2.32. The molecule has 1 aromatic rings. The number of para-hydroxylation sites is 1. The van der Waals surface area contributed by atoms with Crippen LogP contribution in [0.4, 0.5) is 0 Å².